The molecule has 0 radical (unpaired) electrons. The van der Waals surface area contributed by atoms with Crippen molar-refractivity contribution in [1.29, 1.82) is 0 Å². The van der Waals surface area contributed by atoms with Gasteiger partial charge in [-0.3, -0.25) is 4.79 Å². The summed E-state index contributed by atoms with van der Waals surface area (Å²) in [5, 5.41) is 5.84. The third-order valence-corrected chi connectivity index (χ3v) is 3.75. The maximum atomic E-state index is 13.3. The summed E-state index contributed by atoms with van der Waals surface area (Å²) in [6.07, 6.45) is 1.57. The Kier molecular flexibility index (Phi) is 5.43. The molecule has 0 spiro atoms. The molecule has 0 saturated carbocycles. The monoisotopic (exact) mass is 351 g/mol. The molecule has 26 heavy (non-hydrogen) atoms. The molecule has 0 aliphatic rings. The first kappa shape index (κ1) is 17.4. The number of halogens is 1. The predicted molar refractivity (Wildman–Crippen MR) is 98.1 cm³/mol. The topological polar surface area (TPSA) is 63.2 Å². The van der Waals surface area contributed by atoms with Crippen molar-refractivity contribution >= 4 is 17.4 Å². The molecule has 0 fully saturated rings. The maximum absolute atomic E-state index is 13.3. The molecule has 2 aromatic carbocycles. The minimum absolute atomic E-state index is 0.271. The van der Waals surface area contributed by atoms with Crippen LogP contribution in [0.5, 0.6) is 5.75 Å². The van der Waals surface area contributed by atoms with E-state index in [2.05, 4.69) is 15.6 Å². The van der Waals surface area contributed by atoms with Gasteiger partial charge in [0.15, 0.2) is 0 Å². The van der Waals surface area contributed by atoms with Crippen LogP contribution in [0.2, 0.25) is 0 Å². The lowest BCUT2D eigenvalue weighted by atomic mass is 10.2. The highest BCUT2D eigenvalue weighted by molar-refractivity contribution is 5.99. The number of aromatic nitrogens is 1. The van der Waals surface area contributed by atoms with Gasteiger partial charge in [-0.2, -0.15) is 0 Å². The predicted octanol–water partition coefficient (Wildman–Crippen LogP) is 3.90. The summed E-state index contributed by atoms with van der Waals surface area (Å²) in [5.41, 5.74) is 1.85. The Labute approximate surface area is 150 Å². The van der Waals surface area contributed by atoms with Crippen LogP contribution < -0.4 is 15.4 Å². The number of amides is 1. The molecule has 3 rings (SSSR count). The molecule has 0 aliphatic heterocycles. The molecule has 3 aromatic rings. The van der Waals surface area contributed by atoms with E-state index < -0.39 is 0 Å². The third-order valence-electron chi connectivity index (χ3n) is 3.75. The lowest BCUT2D eigenvalue weighted by Crippen LogP contribution is -2.24. The van der Waals surface area contributed by atoms with Gasteiger partial charge in [0, 0.05) is 18.4 Å². The van der Waals surface area contributed by atoms with E-state index >= 15 is 0 Å². The van der Waals surface area contributed by atoms with Crippen molar-refractivity contribution in [3.05, 3.63) is 83.8 Å². The Hall–Kier alpha value is -3.41. The van der Waals surface area contributed by atoms with Gasteiger partial charge in [0.25, 0.3) is 5.91 Å². The van der Waals surface area contributed by atoms with Crippen LogP contribution in [0, 0.1) is 5.82 Å². The van der Waals surface area contributed by atoms with Crippen molar-refractivity contribution in [3.8, 4) is 5.75 Å². The second-order valence-corrected chi connectivity index (χ2v) is 5.57. The Morgan fingerprint density at radius 3 is 2.65 bits per heavy atom. The molecule has 0 saturated heterocycles. The number of pyridine rings is 1. The summed E-state index contributed by atoms with van der Waals surface area (Å²) >= 11 is 0. The zero-order valence-electron chi connectivity index (χ0n) is 14.2. The van der Waals surface area contributed by atoms with Crippen LogP contribution in [0.15, 0.2) is 66.9 Å². The van der Waals surface area contributed by atoms with Crippen molar-refractivity contribution in [2.75, 3.05) is 12.4 Å². The van der Waals surface area contributed by atoms with E-state index in [9.17, 15) is 9.18 Å². The van der Waals surface area contributed by atoms with Crippen LogP contribution in [0.25, 0.3) is 0 Å². The van der Waals surface area contributed by atoms with Crippen molar-refractivity contribution < 1.29 is 13.9 Å². The van der Waals surface area contributed by atoms with Crippen molar-refractivity contribution in [2.24, 2.45) is 0 Å². The molecule has 0 unspecified atom stereocenters. The second kappa shape index (κ2) is 8.11. The maximum Gasteiger partial charge on any atom is 0.255 e. The Balaban J connectivity index is 1.70. The molecule has 1 aromatic heterocycles. The number of anilines is 2. The highest BCUT2D eigenvalue weighted by atomic mass is 19.1. The Morgan fingerprint density at radius 2 is 1.92 bits per heavy atom. The van der Waals surface area contributed by atoms with Crippen LogP contribution >= 0.6 is 0 Å². The van der Waals surface area contributed by atoms with Gasteiger partial charge < -0.3 is 15.4 Å². The first-order valence-electron chi connectivity index (χ1n) is 8.04. The van der Waals surface area contributed by atoms with Crippen LogP contribution in [0.3, 0.4) is 0 Å². The van der Waals surface area contributed by atoms with E-state index in [0.717, 1.165) is 11.3 Å². The van der Waals surface area contributed by atoms with Crippen molar-refractivity contribution in [2.45, 2.75) is 6.54 Å². The normalized spacial score (nSPS) is 10.2. The quantitative estimate of drug-likeness (QED) is 0.707. The minimum atomic E-state index is -0.364. The average Bonchev–Trinajstić information content (AvgIpc) is 2.67. The molecule has 0 bridgehead atoms. The summed E-state index contributed by atoms with van der Waals surface area (Å²) in [7, 11) is 1.60. The van der Waals surface area contributed by atoms with Gasteiger partial charge in [-0.15, -0.1) is 0 Å². The average molecular weight is 351 g/mol. The van der Waals surface area contributed by atoms with E-state index in [1.165, 1.54) is 12.1 Å². The zero-order valence-corrected chi connectivity index (χ0v) is 14.2. The zero-order chi connectivity index (χ0) is 18.4. The lowest BCUT2D eigenvalue weighted by molar-refractivity contribution is 0.0951. The Morgan fingerprint density at radius 1 is 1.12 bits per heavy atom. The molecule has 1 heterocycles. The van der Waals surface area contributed by atoms with E-state index in [0.29, 0.717) is 23.6 Å². The molecule has 132 valence electrons. The van der Waals surface area contributed by atoms with Gasteiger partial charge in [-0.05, 0) is 48.0 Å². The van der Waals surface area contributed by atoms with Crippen molar-refractivity contribution in [3.63, 3.8) is 0 Å². The first-order valence-corrected chi connectivity index (χ1v) is 8.04. The fourth-order valence-corrected chi connectivity index (χ4v) is 2.41. The van der Waals surface area contributed by atoms with Gasteiger partial charge in [0.05, 0.1) is 12.7 Å². The fraction of sp³-hybridized carbons (Fsp3) is 0.100. The van der Waals surface area contributed by atoms with E-state index in [1.54, 1.807) is 37.6 Å². The molecule has 5 nitrogen and oxygen atoms in total. The second-order valence-electron chi connectivity index (χ2n) is 5.57. The number of hydrogen-bond donors (Lipinski definition) is 2. The van der Waals surface area contributed by atoms with Gasteiger partial charge >= 0.3 is 0 Å². The number of carbonyl (C=O) groups excluding carboxylic acids is 1. The number of methoxy groups -OCH3 is 1. The summed E-state index contributed by atoms with van der Waals surface area (Å²) < 4.78 is 18.5. The van der Waals surface area contributed by atoms with Crippen LogP contribution in [0.1, 0.15) is 15.9 Å². The summed E-state index contributed by atoms with van der Waals surface area (Å²) in [6.45, 7) is 0.372. The highest BCUT2D eigenvalue weighted by Crippen LogP contribution is 2.19. The standard InChI is InChI=1S/C20H18FN3O2/c1-26-17-9-7-14(8-10-17)13-23-20(25)18-6-3-11-22-19(18)24-16-5-2-4-15(21)12-16/h2-12H,13H2,1H3,(H,22,24)(H,23,25). The minimum Gasteiger partial charge on any atom is -0.497 e. The van der Waals surface area contributed by atoms with Gasteiger partial charge in [-0.1, -0.05) is 18.2 Å². The summed E-state index contributed by atoms with van der Waals surface area (Å²) in [5.74, 6) is 0.489. The number of carbonyl (C=O) groups is 1. The SMILES string of the molecule is COc1ccc(CNC(=O)c2cccnc2Nc2cccc(F)c2)cc1. The number of rotatable bonds is 6. The van der Waals surface area contributed by atoms with Crippen LogP contribution in [-0.2, 0) is 6.54 Å². The number of benzene rings is 2. The van der Waals surface area contributed by atoms with Crippen LogP contribution in [0.4, 0.5) is 15.9 Å². The van der Waals surface area contributed by atoms with Crippen molar-refractivity contribution in [1.82, 2.24) is 10.3 Å². The lowest BCUT2D eigenvalue weighted by Gasteiger charge is -2.11. The molecule has 1 amide bonds. The van der Waals surface area contributed by atoms with E-state index in [4.69, 9.17) is 4.74 Å². The molecule has 2 N–H and O–H groups in total. The van der Waals surface area contributed by atoms with Gasteiger partial charge in [-0.25, -0.2) is 9.37 Å². The summed E-state index contributed by atoms with van der Waals surface area (Å²) in [4.78, 5) is 16.7. The summed E-state index contributed by atoms with van der Waals surface area (Å²) in [6, 6.07) is 16.8. The number of nitrogens with one attached hydrogen (secondary N) is 2. The number of hydrogen-bond acceptors (Lipinski definition) is 4. The molecule has 6 heteroatoms. The van der Waals surface area contributed by atoms with E-state index in [-0.39, 0.29) is 11.7 Å². The third kappa shape index (κ3) is 4.36. The number of ether oxygens (including phenoxy) is 1. The largest absolute Gasteiger partial charge is 0.497 e. The Bertz CT molecular complexity index is 898. The van der Waals surface area contributed by atoms with Gasteiger partial charge in [0.2, 0.25) is 0 Å². The van der Waals surface area contributed by atoms with Crippen LogP contribution in [-0.4, -0.2) is 18.0 Å². The van der Waals surface area contributed by atoms with E-state index in [1.807, 2.05) is 24.3 Å². The molecular formula is C20H18FN3O2. The fourth-order valence-electron chi connectivity index (χ4n) is 2.41. The molecule has 0 aliphatic carbocycles. The first-order chi connectivity index (χ1) is 12.7. The highest BCUT2D eigenvalue weighted by Gasteiger charge is 2.12. The number of nitrogens with zero attached hydrogens (tertiary/aromatic N) is 1. The molecule has 0 atom stereocenters. The molecular weight excluding hydrogens is 333 g/mol. The smallest absolute Gasteiger partial charge is 0.255 e. The van der Waals surface area contributed by atoms with Gasteiger partial charge in [0.1, 0.15) is 17.4 Å².